The van der Waals surface area contributed by atoms with Crippen LogP contribution in [0, 0.1) is 5.92 Å². The number of hydrogen-bond acceptors (Lipinski definition) is 5. The molecule has 2 heterocycles. The van der Waals surface area contributed by atoms with Gasteiger partial charge in [0.15, 0.2) is 0 Å². The molecule has 1 aliphatic rings. The summed E-state index contributed by atoms with van der Waals surface area (Å²) in [6.07, 6.45) is 0.182. The Morgan fingerprint density at radius 3 is 2.92 bits per heavy atom. The molecule has 3 N–H and O–H groups in total. The number of amides is 1. The van der Waals surface area contributed by atoms with Crippen LogP contribution in [0.1, 0.15) is 23.4 Å². The van der Waals surface area contributed by atoms with E-state index in [2.05, 4.69) is 20.7 Å². The van der Waals surface area contributed by atoms with Gasteiger partial charge in [-0.2, -0.15) is 0 Å². The highest BCUT2D eigenvalue weighted by molar-refractivity contribution is 6.32. The number of hydrogen-bond donors (Lipinski definition) is 3. The van der Waals surface area contributed by atoms with Crippen molar-refractivity contribution < 1.29 is 9.90 Å². The Morgan fingerprint density at radius 1 is 1.46 bits per heavy atom. The van der Waals surface area contributed by atoms with Gasteiger partial charge in [-0.05, 0) is 12.1 Å². The zero-order valence-electron chi connectivity index (χ0n) is 13.4. The summed E-state index contributed by atoms with van der Waals surface area (Å²) in [4.78, 5) is 16.6. The summed E-state index contributed by atoms with van der Waals surface area (Å²) in [5, 5.41) is 20.5. The highest BCUT2D eigenvalue weighted by Gasteiger charge is 2.26. The van der Waals surface area contributed by atoms with Crippen LogP contribution in [0.5, 0.6) is 0 Å². The normalized spacial score (nSPS) is 20.3. The van der Waals surface area contributed by atoms with E-state index in [1.54, 1.807) is 10.7 Å². The maximum atomic E-state index is 12.3. The van der Waals surface area contributed by atoms with Gasteiger partial charge in [0.1, 0.15) is 5.82 Å². The summed E-state index contributed by atoms with van der Waals surface area (Å²) in [7, 11) is 0. The molecule has 1 fully saturated rings. The van der Waals surface area contributed by atoms with Crippen LogP contribution in [-0.2, 0) is 6.42 Å². The Bertz CT molecular complexity index is 733. The number of carbonyl (C=O) groups is 1. The van der Waals surface area contributed by atoms with Crippen LogP contribution in [-0.4, -0.2) is 51.5 Å². The lowest BCUT2D eigenvalue weighted by Gasteiger charge is -2.12. The van der Waals surface area contributed by atoms with Crippen molar-refractivity contribution in [2.75, 3.05) is 19.6 Å². The van der Waals surface area contributed by atoms with E-state index in [0.29, 0.717) is 42.6 Å². The molecule has 1 aromatic heterocycles. The Balaban J connectivity index is 1.77. The van der Waals surface area contributed by atoms with E-state index in [-0.39, 0.29) is 17.6 Å². The monoisotopic (exact) mass is 349 g/mol. The highest BCUT2D eigenvalue weighted by Crippen LogP contribution is 2.20. The number of β-amino-alcohol motifs (C(OH)–C–C–N with tert-alkyl or cyclic N) is 1. The SMILES string of the molecule is CCc1nc(C(=O)NCC2CNCC2O)nn1-c1ccccc1Cl. The van der Waals surface area contributed by atoms with Crippen molar-refractivity contribution >= 4 is 17.5 Å². The first-order valence-electron chi connectivity index (χ1n) is 7.98. The van der Waals surface area contributed by atoms with Gasteiger partial charge in [-0.25, -0.2) is 9.67 Å². The molecule has 1 saturated heterocycles. The number of halogens is 1. The Hall–Kier alpha value is -1.96. The molecule has 0 spiro atoms. The maximum absolute atomic E-state index is 12.3. The van der Waals surface area contributed by atoms with Gasteiger partial charge in [0, 0.05) is 32.0 Å². The average molecular weight is 350 g/mol. The smallest absolute Gasteiger partial charge is 0.290 e. The van der Waals surface area contributed by atoms with Gasteiger partial charge in [0.2, 0.25) is 5.82 Å². The largest absolute Gasteiger partial charge is 0.391 e. The molecule has 24 heavy (non-hydrogen) atoms. The fourth-order valence-electron chi connectivity index (χ4n) is 2.72. The van der Waals surface area contributed by atoms with E-state index in [1.807, 2.05) is 25.1 Å². The Morgan fingerprint density at radius 2 is 2.25 bits per heavy atom. The van der Waals surface area contributed by atoms with E-state index in [0.717, 1.165) is 0 Å². The molecular weight excluding hydrogens is 330 g/mol. The molecule has 0 aliphatic carbocycles. The van der Waals surface area contributed by atoms with Crippen molar-refractivity contribution in [3.8, 4) is 5.69 Å². The molecule has 8 heteroatoms. The number of aromatic nitrogens is 3. The standard InChI is InChI=1S/C16H20ClN5O2/c1-2-14-20-15(16(24)19-8-10-7-18-9-13(10)23)21-22(14)12-6-4-3-5-11(12)17/h3-6,10,13,18,23H,2,7-9H2,1H3,(H,19,24). The van der Waals surface area contributed by atoms with E-state index in [9.17, 15) is 9.90 Å². The van der Waals surface area contributed by atoms with E-state index in [4.69, 9.17) is 11.6 Å². The van der Waals surface area contributed by atoms with Gasteiger partial charge in [-0.1, -0.05) is 30.7 Å². The second kappa shape index (κ2) is 7.29. The zero-order valence-corrected chi connectivity index (χ0v) is 14.1. The van der Waals surface area contributed by atoms with Crippen LogP contribution >= 0.6 is 11.6 Å². The van der Waals surface area contributed by atoms with Gasteiger partial charge in [-0.3, -0.25) is 4.79 Å². The average Bonchev–Trinajstić information content (AvgIpc) is 3.19. The van der Waals surface area contributed by atoms with E-state index >= 15 is 0 Å². The second-order valence-corrected chi connectivity index (χ2v) is 6.17. The molecule has 2 aromatic rings. The van der Waals surface area contributed by atoms with Crippen molar-refractivity contribution in [1.82, 2.24) is 25.4 Å². The van der Waals surface area contributed by atoms with Gasteiger partial charge >= 0.3 is 0 Å². The first-order valence-corrected chi connectivity index (χ1v) is 8.35. The lowest BCUT2D eigenvalue weighted by Crippen LogP contribution is -2.34. The number of carbonyl (C=O) groups excluding carboxylic acids is 1. The minimum absolute atomic E-state index is 0.00486. The van der Waals surface area contributed by atoms with Crippen molar-refractivity contribution in [3.05, 3.63) is 40.9 Å². The van der Waals surface area contributed by atoms with Crippen LogP contribution in [0.2, 0.25) is 5.02 Å². The maximum Gasteiger partial charge on any atom is 0.290 e. The van der Waals surface area contributed by atoms with Gasteiger partial charge in [-0.15, -0.1) is 5.10 Å². The molecule has 1 aliphatic heterocycles. The quantitative estimate of drug-likeness (QED) is 0.742. The van der Waals surface area contributed by atoms with Crippen LogP contribution in [0.25, 0.3) is 5.69 Å². The minimum Gasteiger partial charge on any atom is -0.391 e. The number of nitrogens with one attached hydrogen (secondary N) is 2. The number of benzene rings is 1. The summed E-state index contributed by atoms with van der Waals surface area (Å²) in [6.45, 7) is 3.57. The minimum atomic E-state index is -0.440. The van der Waals surface area contributed by atoms with Crippen molar-refractivity contribution in [3.63, 3.8) is 0 Å². The number of nitrogens with zero attached hydrogens (tertiary/aromatic N) is 3. The number of aryl methyl sites for hydroxylation is 1. The van der Waals surface area contributed by atoms with Crippen molar-refractivity contribution in [2.24, 2.45) is 5.92 Å². The third kappa shape index (κ3) is 3.43. The Kier molecular flexibility index (Phi) is 5.13. The number of aliphatic hydroxyl groups excluding tert-OH is 1. The first kappa shape index (κ1) is 16.9. The van der Waals surface area contributed by atoms with Crippen LogP contribution in [0.3, 0.4) is 0 Å². The molecule has 2 atom stereocenters. The second-order valence-electron chi connectivity index (χ2n) is 5.76. The summed E-state index contributed by atoms with van der Waals surface area (Å²) >= 11 is 6.22. The lowest BCUT2D eigenvalue weighted by atomic mass is 10.1. The summed E-state index contributed by atoms with van der Waals surface area (Å²) in [6, 6.07) is 7.30. The predicted molar refractivity (Wildman–Crippen MR) is 90.4 cm³/mol. The highest BCUT2D eigenvalue weighted by atomic mass is 35.5. The molecule has 2 unspecified atom stereocenters. The summed E-state index contributed by atoms with van der Waals surface area (Å²) in [5.74, 6) is 0.419. The third-order valence-corrected chi connectivity index (χ3v) is 4.42. The third-order valence-electron chi connectivity index (χ3n) is 4.10. The fourth-order valence-corrected chi connectivity index (χ4v) is 2.93. The van der Waals surface area contributed by atoms with Gasteiger partial charge < -0.3 is 15.7 Å². The molecule has 0 saturated carbocycles. The molecule has 0 bridgehead atoms. The predicted octanol–water partition coefficient (Wildman–Crippen LogP) is 0.793. The molecule has 0 radical (unpaired) electrons. The zero-order chi connectivity index (χ0) is 17.1. The molecule has 3 rings (SSSR count). The molecule has 1 amide bonds. The van der Waals surface area contributed by atoms with E-state index < -0.39 is 6.10 Å². The van der Waals surface area contributed by atoms with Gasteiger partial charge in [0.25, 0.3) is 5.91 Å². The van der Waals surface area contributed by atoms with Crippen LogP contribution < -0.4 is 10.6 Å². The van der Waals surface area contributed by atoms with Crippen LogP contribution in [0.4, 0.5) is 0 Å². The molecular formula is C16H20ClN5O2. The molecule has 128 valence electrons. The summed E-state index contributed by atoms with van der Waals surface area (Å²) < 4.78 is 1.60. The number of rotatable bonds is 5. The van der Waals surface area contributed by atoms with Crippen molar-refractivity contribution in [1.29, 1.82) is 0 Å². The molecule has 7 nitrogen and oxygen atoms in total. The first-order chi connectivity index (χ1) is 11.6. The topological polar surface area (TPSA) is 92.1 Å². The van der Waals surface area contributed by atoms with Crippen molar-refractivity contribution in [2.45, 2.75) is 19.4 Å². The van der Waals surface area contributed by atoms with Gasteiger partial charge in [0.05, 0.1) is 16.8 Å². The Labute approximate surface area is 145 Å². The fraction of sp³-hybridized carbons (Fsp3) is 0.438. The lowest BCUT2D eigenvalue weighted by molar-refractivity contribution is 0.0917. The van der Waals surface area contributed by atoms with Crippen LogP contribution in [0.15, 0.2) is 24.3 Å². The summed E-state index contributed by atoms with van der Waals surface area (Å²) in [5.41, 5.74) is 0.693. The number of para-hydroxylation sites is 1. The number of aliphatic hydroxyl groups is 1. The van der Waals surface area contributed by atoms with E-state index in [1.165, 1.54) is 0 Å². The molecule has 1 aromatic carbocycles.